The molecule has 62 heavy (non-hydrogen) atoms. The summed E-state index contributed by atoms with van der Waals surface area (Å²) in [4.78, 5) is 35.6. The van der Waals surface area contributed by atoms with Gasteiger partial charge in [-0.05, 0) is 12.8 Å². The van der Waals surface area contributed by atoms with E-state index in [2.05, 4.69) is 13.8 Å². The molecule has 0 aliphatic rings. The fourth-order valence-corrected chi connectivity index (χ4v) is 8.70. The quantitative estimate of drug-likeness (QED) is 0.0278. The molecular weight excluding hydrogens is 798 g/mol. The van der Waals surface area contributed by atoms with Crippen LogP contribution in [0.5, 0.6) is 0 Å². The Morgan fingerprint density at radius 2 is 0.726 bits per heavy atom. The molecule has 0 saturated heterocycles. The second-order valence-electron chi connectivity index (χ2n) is 19.6. The van der Waals surface area contributed by atoms with E-state index >= 15 is 0 Å². The van der Waals surface area contributed by atoms with Gasteiger partial charge in [-0.2, -0.15) is 0 Å². The number of phosphoric acid groups is 1. The minimum Gasteiger partial charge on any atom is -0.462 e. The smallest absolute Gasteiger partial charge is 0.462 e. The number of carbonyl (C=O) groups is 2. The van der Waals surface area contributed by atoms with E-state index in [1.165, 1.54) is 205 Å². The molecule has 0 aromatic rings. The van der Waals surface area contributed by atoms with Crippen LogP contribution in [-0.4, -0.2) is 74.9 Å². The average Bonchev–Trinajstić information content (AvgIpc) is 3.23. The molecule has 370 valence electrons. The molecule has 0 bridgehead atoms. The number of quaternary nitrogens is 1. The molecule has 0 spiro atoms. The maximum absolute atomic E-state index is 12.8. The first kappa shape index (κ1) is 61.0. The van der Waals surface area contributed by atoms with Crippen LogP contribution in [0.1, 0.15) is 271 Å². The van der Waals surface area contributed by atoms with Crippen molar-refractivity contribution in [3.63, 3.8) is 0 Å². The highest BCUT2D eigenvalue weighted by atomic mass is 31.2. The van der Waals surface area contributed by atoms with Crippen molar-refractivity contribution in [1.82, 2.24) is 0 Å². The molecule has 0 rings (SSSR count). The molecule has 9 nitrogen and oxygen atoms in total. The number of rotatable bonds is 50. The lowest BCUT2D eigenvalue weighted by molar-refractivity contribution is -0.870. The van der Waals surface area contributed by atoms with Crippen LogP contribution in [0.4, 0.5) is 0 Å². The molecular formula is C52H105NO8P+. The number of esters is 2. The summed E-state index contributed by atoms with van der Waals surface area (Å²) in [5.41, 5.74) is 0. The summed E-state index contributed by atoms with van der Waals surface area (Å²) in [5.74, 6) is -0.776. The number of likely N-dealkylation sites (N-methyl/N-ethyl adjacent to an activating group) is 1. The Morgan fingerprint density at radius 3 is 1.03 bits per heavy atom. The fraction of sp³-hybridized carbons (Fsp3) is 0.962. The number of unbranched alkanes of at least 4 members (excludes halogenated alkanes) is 36. The van der Waals surface area contributed by atoms with Gasteiger partial charge in [0.1, 0.15) is 19.8 Å². The Morgan fingerprint density at radius 1 is 0.435 bits per heavy atom. The molecule has 0 amide bonds. The van der Waals surface area contributed by atoms with Gasteiger partial charge in [0.05, 0.1) is 27.7 Å². The summed E-state index contributed by atoms with van der Waals surface area (Å²) >= 11 is 0. The molecule has 0 aliphatic carbocycles. The van der Waals surface area contributed by atoms with Crippen molar-refractivity contribution in [3.8, 4) is 0 Å². The van der Waals surface area contributed by atoms with E-state index in [0.29, 0.717) is 17.4 Å². The van der Waals surface area contributed by atoms with Gasteiger partial charge in [-0.3, -0.25) is 18.6 Å². The second-order valence-corrected chi connectivity index (χ2v) is 21.1. The van der Waals surface area contributed by atoms with Crippen LogP contribution in [0.15, 0.2) is 0 Å². The van der Waals surface area contributed by atoms with Crippen LogP contribution in [0, 0.1) is 0 Å². The Bertz CT molecular complexity index is 1020. The molecule has 2 atom stereocenters. The number of hydrogen-bond donors (Lipinski definition) is 1. The first-order chi connectivity index (χ1) is 30.0. The topological polar surface area (TPSA) is 108 Å². The van der Waals surface area contributed by atoms with E-state index in [4.69, 9.17) is 18.5 Å². The summed E-state index contributed by atoms with van der Waals surface area (Å²) in [5, 5.41) is 0. The lowest BCUT2D eigenvalue weighted by Crippen LogP contribution is -2.37. The molecule has 0 radical (unpaired) electrons. The van der Waals surface area contributed by atoms with E-state index in [-0.39, 0.29) is 25.6 Å². The third-order valence-corrected chi connectivity index (χ3v) is 13.1. The average molecular weight is 903 g/mol. The van der Waals surface area contributed by atoms with Gasteiger partial charge in [0.2, 0.25) is 0 Å². The standard InChI is InChI=1S/C52H104NO8P/c1-6-8-10-12-14-16-18-20-22-24-25-26-27-29-31-33-35-37-39-41-43-45-52(55)61-50(49-60-62(56,57)59-47-46-53(3,4)5)48-58-51(54)44-42-40-38-36-34-32-30-28-23-21-19-17-15-13-11-9-7-2/h50H,6-49H2,1-5H3/p+1/t50-/m1/s1. The Balaban J connectivity index is 4.17. The van der Waals surface area contributed by atoms with Crippen molar-refractivity contribution in [2.45, 2.75) is 277 Å². The minimum atomic E-state index is -4.37. The molecule has 1 unspecified atom stereocenters. The SMILES string of the molecule is CCCCCCCCCCCCCCCCCCCCCCCC(=O)O[C@H](COC(=O)CCCCCCCCCCCCCCCCCCC)COP(=O)(O)OCC[N+](C)(C)C. The van der Waals surface area contributed by atoms with Gasteiger partial charge in [0.25, 0.3) is 0 Å². The zero-order chi connectivity index (χ0) is 45.7. The fourth-order valence-electron chi connectivity index (χ4n) is 7.96. The number of hydrogen-bond acceptors (Lipinski definition) is 7. The lowest BCUT2D eigenvalue weighted by atomic mass is 10.0. The maximum atomic E-state index is 12.8. The van der Waals surface area contributed by atoms with Gasteiger partial charge in [-0.25, -0.2) is 4.57 Å². The highest BCUT2D eigenvalue weighted by molar-refractivity contribution is 7.47. The van der Waals surface area contributed by atoms with Gasteiger partial charge < -0.3 is 18.9 Å². The number of nitrogens with zero attached hydrogens (tertiary/aromatic N) is 1. The summed E-state index contributed by atoms with van der Waals surface area (Å²) in [7, 11) is 1.50. The Hall–Kier alpha value is -0.990. The first-order valence-corrected chi connectivity index (χ1v) is 28.3. The highest BCUT2D eigenvalue weighted by Gasteiger charge is 2.27. The normalized spacial score (nSPS) is 13.3. The third kappa shape index (κ3) is 48.5. The van der Waals surface area contributed by atoms with Crippen molar-refractivity contribution < 1.29 is 42.1 Å². The predicted molar refractivity (Wildman–Crippen MR) is 261 cm³/mol. The second kappa shape index (κ2) is 45.2. The lowest BCUT2D eigenvalue weighted by Gasteiger charge is -2.24. The molecule has 0 aliphatic heterocycles. The van der Waals surface area contributed by atoms with E-state index in [0.717, 1.165) is 38.5 Å². The van der Waals surface area contributed by atoms with Crippen molar-refractivity contribution in [2.24, 2.45) is 0 Å². The summed E-state index contributed by atoms with van der Waals surface area (Å²) in [6, 6.07) is 0. The zero-order valence-electron chi connectivity index (χ0n) is 41.9. The van der Waals surface area contributed by atoms with Gasteiger partial charge in [0.15, 0.2) is 6.10 Å². The van der Waals surface area contributed by atoms with Crippen LogP contribution in [0.3, 0.4) is 0 Å². The van der Waals surface area contributed by atoms with Crippen molar-refractivity contribution in [2.75, 3.05) is 47.5 Å². The van der Waals surface area contributed by atoms with Gasteiger partial charge in [-0.1, -0.05) is 245 Å². The number of carbonyl (C=O) groups excluding carboxylic acids is 2. The van der Waals surface area contributed by atoms with Crippen LogP contribution in [-0.2, 0) is 32.7 Å². The van der Waals surface area contributed by atoms with Crippen molar-refractivity contribution >= 4 is 19.8 Å². The molecule has 0 heterocycles. The van der Waals surface area contributed by atoms with E-state index in [1.807, 2.05) is 21.1 Å². The molecule has 0 aromatic carbocycles. The summed E-state index contributed by atoms with van der Waals surface area (Å²) in [6.07, 6.45) is 48.7. The molecule has 0 aromatic heterocycles. The first-order valence-electron chi connectivity index (χ1n) is 26.8. The van der Waals surface area contributed by atoms with E-state index < -0.39 is 26.5 Å². The van der Waals surface area contributed by atoms with Gasteiger partial charge >= 0.3 is 19.8 Å². The number of ether oxygens (including phenoxy) is 2. The molecule has 0 fully saturated rings. The minimum absolute atomic E-state index is 0.0373. The Kier molecular flexibility index (Phi) is 44.5. The monoisotopic (exact) mass is 903 g/mol. The van der Waals surface area contributed by atoms with Crippen molar-refractivity contribution in [3.05, 3.63) is 0 Å². The third-order valence-electron chi connectivity index (χ3n) is 12.1. The molecule has 1 N–H and O–H groups in total. The van der Waals surface area contributed by atoms with Crippen LogP contribution in [0.25, 0.3) is 0 Å². The van der Waals surface area contributed by atoms with E-state index in [1.54, 1.807) is 0 Å². The predicted octanol–water partition coefficient (Wildman–Crippen LogP) is 15.9. The van der Waals surface area contributed by atoms with Crippen molar-refractivity contribution in [1.29, 1.82) is 0 Å². The van der Waals surface area contributed by atoms with Crippen LogP contribution in [0.2, 0.25) is 0 Å². The van der Waals surface area contributed by atoms with Crippen LogP contribution < -0.4 is 0 Å². The molecule has 0 saturated carbocycles. The highest BCUT2D eigenvalue weighted by Crippen LogP contribution is 2.43. The largest absolute Gasteiger partial charge is 0.472 e. The van der Waals surface area contributed by atoms with Gasteiger partial charge in [0, 0.05) is 12.8 Å². The number of phosphoric ester groups is 1. The zero-order valence-corrected chi connectivity index (χ0v) is 42.8. The van der Waals surface area contributed by atoms with Crippen LogP contribution >= 0.6 is 7.82 Å². The summed E-state index contributed by atoms with van der Waals surface area (Å²) in [6.45, 7) is 4.50. The van der Waals surface area contributed by atoms with Gasteiger partial charge in [-0.15, -0.1) is 0 Å². The summed E-state index contributed by atoms with van der Waals surface area (Å²) < 4.78 is 34.5. The Labute approximate surface area is 384 Å². The maximum Gasteiger partial charge on any atom is 0.472 e. The molecule has 10 heteroatoms. The van der Waals surface area contributed by atoms with E-state index in [9.17, 15) is 19.0 Å².